The Morgan fingerprint density at radius 2 is 1.14 bits per heavy atom. The molecule has 0 aliphatic carbocycles. The second-order valence-corrected chi connectivity index (χ2v) is 9.05. The maximum Gasteiger partial charge on any atom is 0.266 e. The van der Waals surface area contributed by atoms with Crippen LogP contribution in [0.25, 0.3) is 11.1 Å². The van der Waals surface area contributed by atoms with Gasteiger partial charge in [0, 0.05) is 13.1 Å². The monoisotopic (exact) mass is 488 g/mol. The van der Waals surface area contributed by atoms with Crippen molar-refractivity contribution in [3.8, 4) is 22.6 Å². The number of fused-ring (bicyclic) bond motifs is 2. The van der Waals surface area contributed by atoms with Crippen molar-refractivity contribution in [3.63, 3.8) is 0 Å². The van der Waals surface area contributed by atoms with Crippen LogP contribution in [0.4, 0.5) is 5.69 Å². The van der Waals surface area contributed by atoms with Gasteiger partial charge in [-0.1, -0.05) is 35.9 Å². The standard InChI is InChI=1S/C30H20N2O5/c1-17-6-10-21(11-7-17)37-22-5-3-4-20(16-22)32-29(35)24-13-9-19(15-26(24)30(32)36)18-8-12-23-25(14-18)28(34)31(2)27(23)33/h3-16H,1-2H3. The lowest BCUT2D eigenvalue weighted by Crippen LogP contribution is -2.29. The zero-order valence-corrected chi connectivity index (χ0v) is 20.0. The molecule has 4 aromatic rings. The van der Waals surface area contributed by atoms with Crippen LogP contribution in [0.5, 0.6) is 11.5 Å². The lowest BCUT2D eigenvalue weighted by Gasteiger charge is -2.15. The fraction of sp³-hybridized carbons (Fsp3) is 0.0667. The topological polar surface area (TPSA) is 84.0 Å². The van der Waals surface area contributed by atoms with Gasteiger partial charge in [0.05, 0.1) is 27.9 Å². The summed E-state index contributed by atoms with van der Waals surface area (Å²) >= 11 is 0. The Morgan fingerprint density at radius 3 is 1.81 bits per heavy atom. The maximum absolute atomic E-state index is 13.4. The van der Waals surface area contributed by atoms with Crippen molar-refractivity contribution in [2.24, 2.45) is 0 Å². The third-order valence-electron chi connectivity index (χ3n) is 6.64. The first-order chi connectivity index (χ1) is 17.8. The van der Waals surface area contributed by atoms with E-state index in [9.17, 15) is 19.2 Å². The van der Waals surface area contributed by atoms with Crippen LogP contribution >= 0.6 is 0 Å². The Kier molecular flexibility index (Phi) is 5.01. The number of imide groups is 2. The molecule has 0 saturated carbocycles. The molecular formula is C30H20N2O5. The van der Waals surface area contributed by atoms with Crippen LogP contribution in [0.1, 0.15) is 47.0 Å². The van der Waals surface area contributed by atoms with Crippen LogP contribution in [0.15, 0.2) is 84.9 Å². The van der Waals surface area contributed by atoms with E-state index >= 15 is 0 Å². The van der Waals surface area contributed by atoms with Crippen LogP contribution < -0.4 is 9.64 Å². The van der Waals surface area contributed by atoms with E-state index in [4.69, 9.17) is 4.74 Å². The van der Waals surface area contributed by atoms with E-state index in [0.717, 1.165) is 15.4 Å². The molecule has 4 amide bonds. The number of hydrogen-bond acceptors (Lipinski definition) is 5. The van der Waals surface area contributed by atoms with Crippen LogP contribution in [0.3, 0.4) is 0 Å². The first-order valence-electron chi connectivity index (χ1n) is 11.7. The summed E-state index contributed by atoms with van der Waals surface area (Å²) in [6.45, 7) is 1.99. The molecule has 180 valence electrons. The largest absolute Gasteiger partial charge is 0.457 e. The van der Waals surface area contributed by atoms with E-state index in [1.807, 2.05) is 31.2 Å². The van der Waals surface area contributed by atoms with Crippen LogP contribution in [-0.2, 0) is 0 Å². The van der Waals surface area contributed by atoms with Gasteiger partial charge < -0.3 is 4.74 Å². The minimum Gasteiger partial charge on any atom is -0.457 e. The molecule has 4 aromatic carbocycles. The third kappa shape index (κ3) is 3.60. The Labute approximate surface area is 212 Å². The van der Waals surface area contributed by atoms with Crippen molar-refractivity contribution < 1.29 is 23.9 Å². The number of carbonyl (C=O) groups excluding carboxylic acids is 4. The smallest absolute Gasteiger partial charge is 0.266 e. The fourth-order valence-electron chi connectivity index (χ4n) is 4.62. The number of benzene rings is 4. The molecule has 37 heavy (non-hydrogen) atoms. The average Bonchev–Trinajstić information content (AvgIpc) is 3.29. The normalized spacial score (nSPS) is 14.3. The average molecular weight is 488 g/mol. The molecule has 0 fully saturated rings. The lowest BCUT2D eigenvalue weighted by atomic mass is 9.97. The van der Waals surface area contributed by atoms with Gasteiger partial charge in [0.1, 0.15) is 11.5 Å². The van der Waals surface area contributed by atoms with E-state index in [0.29, 0.717) is 45.0 Å². The summed E-state index contributed by atoms with van der Waals surface area (Å²) < 4.78 is 5.91. The zero-order valence-electron chi connectivity index (χ0n) is 20.0. The second kappa shape index (κ2) is 8.27. The molecule has 7 nitrogen and oxygen atoms in total. The molecule has 0 atom stereocenters. The highest BCUT2D eigenvalue weighted by Gasteiger charge is 2.37. The van der Waals surface area contributed by atoms with Gasteiger partial charge in [-0.15, -0.1) is 0 Å². The van der Waals surface area contributed by atoms with Gasteiger partial charge in [-0.05, 0) is 66.6 Å². The quantitative estimate of drug-likeness (QED) is 0.355. The van der Waals surface area contributed by atoms with Gasteiger partial charge in [0.2, 0.25) is 0 Å². The SMILES string of the molecule is Cc1ccc(Oc2cccc(N3C(=O)c4ccc(-c5ccc6c(c5)C(=O)N(C)C6=O)cc4C3=O)c2)cc1. The summed E-state index contributed by atoms with van der Waals surface area (Å²) in [6.07, 6.45) is 0. The summed E-state index contributed by atoms with van der Waals surface area (Å²) in [6, 6.07) is 24.4. The molecule has 2 aliphatic heterocycles. The van der Waals surface area contributed by atoms with Gasteiger partial charge in [-0.3, -0.25) is 24.1 Å². The highest BCUT2D eigenvalue weighted by Crippen LogP contribution is 2.35. The molecule has 0 bridgehead atoms. The Balaban J connectivity index is 1.31. The number of aryl methyl sites for hydroxylation is 1. The molecule has 2 aliphatic rings. The van der Waals surface area contributed by atoms with Crippen LogP contribution in [-0.4, -0.2) is 35.6 Å². The second-order valence-electron chi connectivity index (χ2n) is 9.05. The molecule has 0 aromatic heterocycles. The molecule has 0 N–H and O–H groups in total. The van der Waals surface area contributed by atoms with Gasteiger partial charge in [-0.2, -0.15) is 0 Å². The fourth-order valence-corrected chi connectivity index (χ4v) is 4.62. The number of ether oxygens (including phenoxy) is 1. The highest BCUT2D eigenvalue weighted by atomic mass is 16.5. The minimum atomic E-state index is -0.443. The van der Waals surface area contributed by atoms with Crippen molar-refractivity contribution in [2.45, 2.75) is 6.92 Å². The number of hydrogen-bond donors (Lipinski definition) is 0. The van der Waals surface area contributed by atoms with Crippen molar-refractivity contribution in [3.05, 3.63) is 113 Å². The van der Waals surface area contributed by atoms with Gasteiger partial charge in [-0.25, -0.2) is 4.90 Å². The summed E-state index contributed by atoms with van der Waals surface area (Å²) in [4.78, 5) is 53.4. The summed E-state index contributed by atoms with van der Waals surface area (Å²) in [5, 5.41) is 0. The van der Waals surface area contributed by atoms with Crippen LogP contribution in [0.2, 0.25) is 0 Å². The van der Waals surface area contributed by atoms with E-state index in [1.54, 1.807) is 60.7 Å². The van der Waals surface area contributed by atoms with Crippen molar-refractivity contribution in [1.82, 2.24) is 4.90 Å². The molecular weight excluding hydrogens is 468 g/mol. The first-order valence-corrected chi connectivity index (χ1v) is 11.7. The maximum atomic E-state index is 13.4. The van der Waals surface area contributed by atoms with Crippen molar-refractivity contribution in [2.75, 3.05) is 11.9 Å². The molecule has 0 saturated heterocycles. The molecule has 0 radical (unpaired) electrons. The predicted octanol–water partition coefficient (Wildman–Crippen LogP) is 5.48. The summed E-state index contributed by atoms with van der Waals surface area (Å²) in [7, 11) is 1.44. The number of nitrogens with zero attached hydrogens (tertiary/aromatic N) is 2. The zero-order chi connectivity index (χ0) is 25.8. The minimum absolute atomic E-state index is 0.271. The molecule has 6 rings (SSSR count). The Hall–Kier alpha value is -5.04. The van der Waals surface area contributed by atoms with Crippen molar-refractivity contribution in [1.29, 1.82) is 0 Å². The first kappa shape index (κ1) is 22.4. The molecule has 2 heterocycles. The van der Waals surface area contributed by atoms with E-state index in [1.165, 1.54) is 7.05 Å². The van der Waals surface area contributed by atoms with Gasteiger partial charge in [0.25, 0.3) is 23.6 Å². The molecule has 0 spiro atoms. The number of anilines is 1. The highest BCUT2D eigenvalue weighted by molar-refractivity contribution is 6.34. The predicted molar refractivity (Wildman–Crippen MR) is 137 cm³/mol. The van der Waals surface area contributed by atoms with Crippen molar-refractivity contribution >= 4 is 29.3 Å². The van der Waals surface area contributed by atoms with E-state index in [2.05, 4.69) is 0 Å². The molecule has 0 unspecified atom stereocenters. The van der Waals surface area contributed by atoms with Gasteiger partial charge in [0.15, 0.2) is 0 Å². The van der Waals surface area contributed by atoms with E-state index in [-0.39, 0.29) is 17.4 Å². The van der Waals surface area contributed by atoms with E-state index < -0.39 is 11.8 Å². The van der Waals surface area contributed by atoms with Gasteiger partial charge >= 0.3 is 0 Å². The third-order valence-corrected chi connectivity index (χ3v) is 6.64. The number of rotatable bonds is 4. The molecule has 7 heteroatoms. The number of amides is 4. The Bertz CT molecular complexity index is 1660. The van der Waals surface area contributed by atoms with Crippen LogP contribution in [0, 0.1) is 6.92 Å². The number of carbonyl (C=O) groups is 4. The lowest BCUT2D eigenvalue weighted by molar-refractivity contribution is 0.0692. The summed E-state index contributed by atoms with van der Waals surface area (Å²) in [5.41, 5.74) is 4.09. The Morgan fingerprint density at radius 1 is 0.568 bits per heavy atom. The summed E-state index contributed by atoms with van der Waals surface area (Å²) in [5.74, 6) is -0.424.